The lowest BCUT2D eigenvalue weighted by atomic mass is 10.0. The molecule has 0 aliphatic carbocycles. The molecule has 0 amide bonds. The van der Waals surface area contributed by atoms with Crippen LogP contribution in [0.1, 0.15) is 40.8 Å². The largest absolute Gasteiger partial charge is 0.354 e. The number of aliphatic imine (C=N–C) groups is 2. The van der Waals surface area contributed by atoms with Gasteiger partial charge >= 0.3 is 0 Å². The lowest BCUT2D eigenvalue weighted by Gasteiger charge is -2.09. The second kappa shape index (κ2) is 16.4. The van der Waals surface area contributed by atoms with Crippen molar-refractivity contribution in [2.45, 2.75) is 13.8 Å². The van der Waals surface area contributed by atoms with Crippen molar-refractivity contribution in [1.82, 2.24) is 19.9 Å². The maximum Gasteiger partial charge on any atom is 0.0737 e. The van der Waals surface area contributed by atoms with Gasteiger partial charge in [0.25, 0.3) is 0 Å². The van der Waals surface area contributed by atoms with Crippen molar-refractivity contribution in [3.63, 3.8) is 0 Å². The summed E-state index contributed by atoms with van der Waals surface area (Å²) in [6.45, 7) is 12.1. The first-order valence-corrected chi connectivity index (χ1v) is 17.2. The highest BCUT2D eigenvalue weighted by Crippen LogP contribution is 2.35. The highest BCUT2D eigenvalue weighted by Gasteiger charge is 2.17. The van der Waals surface area contributed by atoms with Crippen LogP contribution in [0.25, 0.3) is 73.7 Å². The Hall–Kier alpha value is -6.66. The van der Waals surface area contributed by atoms with Gasteiger partial charge in [-0.3, -0.25) is 15.0 Å². The van der Waals surface area contributed by atoms with Gasteiger partial charge in [-0.25, -0.2) is 4.98 Å². The van der Waals surface area contributed by atoms with E-state index in [1.807, 2.05) is 62.7 Å². The summed E-state index contributed by atoms with van der Waals surface area (Å²) in [6, 6.07) is 29.2. The fraction of sp³-hybridized carbons (Fsp3) is 0.0870. The average Bonchev–Trinajstić information content (AvgIpc) is 3.93. The number of nitrogens with one attached hydrogen (secondary N) is 2. The van der Waals surface area contributed by atoms with E-state index in [9.17, 15) is 0 Å². The van der Waals surface area contributed by atoms with E-state index in [2.05, 4.69) is 118 Å². The predicted molar refractivity (Wildman–Crippen MR) is 225 cm³/mol. The number of H-pyrrole nitrogens is 2. The summed E-state index contributed by atoms with van der Waals surface area (Å²) in [6.07, 6.45) is 19.4. The van der Waals surface area contributed by atoms with E-state index in [0.717, 1.165) is 89.4 Å². The number of hydrogen-bond acceptors (Lipinski definition) is 4. The van der Waals surface area contributed by atoms with Crippen LogP contribution < -0.4 is 0 Å². The Morgan fingerprint density at radius 3 is 1.54 bits per heavy atom. The molecule has 2 aromatic carbocycles. The molecule has 2 N–H and O–H groups in total. The summed E-state index contributed by atoms with van der Waals surface area (Å²) in [5.74, 6) is 0. The van der Waals surface area contributed by atoms with Gasteiger partial charge in [0, 0.05) is 87.7 Å². The third-order valence-electron chi connectivity index (χ3n) is 8.67. The molecule has 0 saturated carbocycles. The van der Waals surface area contributed by atoms with E-state index < -0.39 is 0 Å². The Kier molecular flexibility index (Phi) is 11.1. The fourth-order valence-electron chi connectivity index (χ4n) is 6.59. The van der Waals surface area contributed by atoms with Crippen LogP contribution in [0.15, 0.2) is 138 Å². The monoisotopic (exact) mass is 678 g/mol. The highest BCUT2D eigenvalue weighted by molar-refractivity contribution is 6.15. The van der Waals surface area contributed by atoms with Gasteiger partial charge in [0.1, 0.15) is 0 Å². The van der Waals surface area contributed by atoms with Crippen LogP contribution >= 0.6 is 0 Å². The number of benzene rings is 2. The summed E-state index contributed by atoms with van der Waals surface area (Å²) in [4.78, 5) is 27.1. The first-order valence-electron chi connectivity index (χ1n) is 17.2. The van der Waals surface area contributed by atoms with Gasteiger partial charge in [-0.05, 0) is 67.5 Å². The quantitative estimate of drug-likeness (QED) is 0.118. The Bertz CT molecular complexity index is 2470. The molecule has 256 valence electrons. The summed E-state index contributed by atoms with van der Waals surface area (Å²) in [5, 5.41) is 0. The fourth-order valence-corrected chi connectivity index (χ4v) is 6.59. The number of aromatic nitrogens is 4. The molecule has 0 spiro atoms. The molecule has 0 saturated heterocycles. The van der Waals surface area contributed by atoms with Crippen molar-refractivity contribution in [1.29, 1.82) is 0 Å². The Morgan fingerprint density at radius 2 is 1.08 bits per heavy atom. The average molecular weight is 679 g/mol. The topological polar surface area (TPSA) is 82.1 Å². The summed E-state index contributed by atoms with van der Waals surface area (Å²) in [5.41, 5.74) is 14.4. The summed E-state index contributed by atoms with van der Waals surface area (Å²) in [7, 11) is 3.53. The molecule has 1 aliphatic rings. The minimum Gasteiger partial charge on any atom is -0.354 e. The van der Waals surface area contributed by atoms with E-state index in [-0.39, 0.29) is 0 Å². The molecule has 1 aliphatic heterocycles. The Labute approximate surface area is 305 Å². The summed E-state index contributed by atoms with van der Waals surface area (Å²) < 4.78 is 0. The molecule has 3 aromatic heterocycles. The minimum absolute atomic E-state index is 0.746. The molecular weight excluding hydrogens is 637 g/mol. The first kappa shape index (κ1) is 35.2. The lowest BCUT2D eigenvalue weighted by Crippen LogP contribution is -1.98. The molecule has 0 fully saturated rings. The molecule has 0 atom stereocenters. The number of nitrogens with zero attached hydrogens (tertiary/aromatic N) is 4. The molecule has 6 nitrogen and oxygen atoms in total. The van der Waals surface area contributed by atoms with Gasteiger partial charge in [-0.2, -0.15) is 0 Å². The molecule has 4 heterocycles. The van der Waals surface area contributed by atoms with E-state index in [4.69, 9.17) is 9.97 Å². The van der Waals surface area contributed by atoms with Gasteiger partial charge in [0.15, 0.2) is 0 Å². The van der Waals surface area contributed by atoms with E-state index in [1.54, 1.807) is 26.2 Å². The van der Waals surface area contributed by atoms with E-state index in [0.29, 0.717) is 0 Å². The molecule has 6 rings (SSSR count). The minimum atomic E-state index is 0.746. The molecule has 6 bridgehead atoms. The second-order valence-electron chi connectivity index (χ2n) is 12.1. The van der Waals surface area contributed by atoms with Crippen LogP contribution in [0.4, 0.5) is 0 Å². The zero-order valence-electron chi connectivity index (χ0n) is 30.1. The smallest absolute Gasteiger partial charge is 0.0737 e. The predicted octanol–water partition coefficient (Wildman–Crippen LogP) is 11.4. The molecule has 0 radical (unpaired) electrons. The van der Waals surface area contributed by atoms with Crippen LogP contribution in [0.2, 0.25) is 0 Å². The standard InChI is InChI=1S/C46H42N6/c1-7-16-34(29-47-5)43-31(4)49-36(18-9-3)46(35(17-8-2)30-48-6)42-28-27-41(52-42)45(33-21-14-11-15-22-33)40-26-25-39(51-40)44(32-19-12-10-13-20-32)38-24-23-37(43)50-38/h7-30,50,52H,1-2H2,3-6H3/b18-9-,34-16+,35-17+,43-31?,43-37?,44-38?,44-39?,45-40?,45-41?,46-36?,46-42?,47-29?,48-30?,49-31?,49-36?. The normalized spacial score (nSPS) is 12.7. The second-order valence-corrected chi connectivity index (χ2v) is 12.1. The first-order chi connectivity index (χ1) is 25.5. The molecular formula is C46H42N6. The zero-order chi connectivity index (χ0) is 36.5. The van der Waals surface area contributed by atoms with E-state index >= 15 is 0 Å². The molecule has 5 aromatic rings. The third kappa shape index (κ3) is 7.28. The molecule has 0 unspecified atom stereocenters. The van der Waals surface area contributed by atoms with Crippen molar-refractivity contribution < 1.29 is 0 Å². The Balaban J connectivity index is 1.94. The van der Waals surface area contributed by atoms with Crippen LogP contribution in [0.3, 0.4) is 0 Å². The van der Waals surface area contributed by atoms with Crippen molar-refractivity contribution in [3.05, 3.63) is 162 Å². The zero-order valence-corrected chi connectivity index (χ0v) is 30.1. The number of fused-ring (bicyclic) bond motifs is 6. The van der Waals surface area contributed by atoms with E-state index in [1.165, 1.54) is 0 Å². The highest BCUT2D eigenvalue weighted by atomic mass is 14.8. The van der Waals surface area contributed by atoms with Crippen LogP contribution in [-0.2, 0) is 0 Å². The molecule has 6 heteroatoms. The maximum absolute atomic E-state index is 5.40. The van der Waals surface area contributed by atoms with Gasteiger partial charge in [0.05, 0.1) is 17.1 Å². The van der Waals surface area contributed by atoms with Crippen LogP contribution in [0, 0.1) is 6.92 Å². The van der Waals surface area contributed by atoms with Crippen molar-refractivity contribution >= 4 is 63.9 Å². The Morgan fingerprint density at radius 1 is 0.615 bits per heavy atom. The third-order valence-corrected chi connectivity index (χ3v) is 8.67. The van der Waals surface area contributed by atoms with Crippen LogP contribution in [0.5, 0.6) is 0 Å². The number of rotatable bonds is 9. The molecule has 52 heavy (non-hydrogen) atoms. The van der Waals surface area contributed by atoms with Crippen LogP contribution in [-0.4, -0.2) is 46.5 Å². The number of aromatic amines is 2. The lowest BCUT2D eigenvalue weighted by molar-refractivity contribution is 1.18. The van der Waals surface area contributed by atoms with Gasteiger partial charge in [-0.15, -0.1) is 0 Å². The van der Waals surface area contributed by atoms with Crippen molar-refractivity contribution in [3.8, 4) is 22.3 Å². The summed E-state index contributed by atoms with van der Waals surface area (Å²) >= 11 is 0. The van der Waals surface area contributed by atoms with Crippen molar-refractivity contribution in [2.75, 3.05) is 14.1 Å². The van der Waals surface area contributed by atoms with Gasteiger partial charge < -0.3 is 9.97 Å². The van der Waals surface area contributed by atoms with Gasteiger partial charge in [-0.1, -0.05) is 104 Å². The number of aryl methyl sites for hydroxylation is 1. The SMILES string of the molecule is C=C/C=C(\C=NC)c1c(C)nc(/C=C\C)c(/C(C=NC)=C/C=C)c2ccc([nH]2)c(-c2ccccc2)c2nc(c(-c3ccccc3)c3ccc1[nH]3)C=C2. The number of hydrogen-bond donors (Lipinski definition) is 2. The van der Waals surface area contributed by atoms with Crippen molar-refractivity contribution in [2.24, 2.45) is 9.98 Å². The van der Waals surface area contributed by atoms with Gasteiger partial charge in [0.2, 0.25) is 0 Å². The maximum atomic E-state index is 5.40. The number of allylic oxidation sites excluding steroid dienone is 7.